The van der Waals surface area contributed by atoms with E-state index in [9.17, 15) is 9.90 Å². The van der Waals surface area contributed by atoms with E-state index >= 15 is 0 Å². The maximum absolute atomic E-state index is 10.6. The van der Waals surface area contributed by atoms with Gasteiger partial charge in [0.05, 0.1) is 6.10 Å². The molecule has 1 heterocycles. The van der Waals surface area contributed by atoms with Crippen LogP contribution >= 0.6 is 11.8 Å². The number of carbonyl (C=O) groups is 1. The van der Waals surface area contributed by atoms with Crippen LogP contribution in [0.5, 0.6) is 0 Å². The highest BCUT2D eigenvalue weighted by Crippen LogP contribution is 2.23. The van der Waals surface area contributed by atoms with Crippen LogP contribution in [0.3, 0.4) is 0 Å². The molecule has 1 rings (SSSR count). The van der Waals surface area contributed by atoms with Gasteiger partial charge in [-0.15, -0.1) is 11.8 Å². The van der Waals surface area contributed by atoms with Crippen LogP contribution < -0.4 is 11.5 Å². The third-order valence-electron chi connectivity index (χ3n) is 1.85. The summed E-state index contributed by atoms with van der Waals surface area (Å²) in [4.78, 5) is 10.6. The van der Waals surface area contributed by atoms with Crippen LogP contribution in [0, 0.1) is 5.92 Å². The summed E-state index contributed by atoms with van der Waals surface area (Å²) in [7, 11) is 0. The minimum atomic E-state index is -0.960. The molecule has 1 aliphatic rings. The zero-order valence-electron chi connectivity index (χ0n) is 6.51. The number of primary amides is 1. The quantitative estimate of drug-likeness (QED) is 0.532. The Morgan fingerprint density at radius 2 is 2.42 bits per heavy atom. The smallest absolute Gasteiger partial charge is 0.237 e. The lowest BCUT2D eigenvalue weighted by Gasteiger charge is -2.19. The van der Waals surface area contributed by atoms with Crippen molar-refractivity contribution in [3.05, 3.63) is 11.5 Å². The van der Waals surface area contributed by atoms with Crippen molar-refractivity contribution >= 4 is 17.7 Å². The second-order valence-electron chi connectivity index (χ2n) is 2.74. The molecule has 0 bridgehead atoms. The van der Waals surface area contributed by atoms with Gasteiger partial charge in [-0.25, -0.2) is 0 Å². The van der Waals surface area contributed by atoms with Crippen LogP contribution in [0.2, 0.25) is 0 Å². The van der Waals surface area contributed by atoms with Crippen LogP contribution in [0.25, 0.3) is 0 Å². The number of hydrogen-bond acceptors (Lipinski definition) is 4. The highest BCUT2D eigenvalue weighted by atomic mass is 32.2. The molecule has 0 aromatic rings. The van der Waals surface area contributed by atoms with Crippen molar-refractivity contribution in [3.8, 4) is 0 Å². The molecule has 1 aliphatic heterocycles. The number of aliphatic hydroxyl groups excluding tert-OH is 1. The Labute approximate surface area is 75.0 Å². The number of amides is 1. The minimum Gasteiger partial charge on any atom is -0.390 e. The third kappa shape index (κ3) is 2.00. The van der Waals surface area contributed by atoms with Crippen LogP contribution in [-0.2, 0) is 4.79 Å². The van der Waals surface area contributed by atoms with Crippen LogP contribution in [0.15, 0.2) is 11.5 Å². The van der Waals surface area contributed by atoms with Gasteiger partial charge < -0.3 is 16.6 Å². The number of nitrogens with two attached hydrogens (primary N) is 2. The maximum atomic E-state index is 10.6. The lowest BCUT2D eigenvalue weighted by molar-refractivity contribution is -0.122. The van der Waals surface area contributed by atoms with E-state index in [1.807, 2.05) is 11.5 Å². The van der Waals surface area contributed by atoms with Gasteiger partial charge in [-0.1, -0.05) is 6.08 Å². The summed E-state index contributed by atoms with van der Waals surface area (Å²) in [5.41, 5.74) is 10.3. The van der Waals surface area contributed by atoms with Gasteiger partial charge in [-0.3, -0.25) is 4.79 Å². The van der Waals surface area contributed by atoms with Crippen molar-refractivity contribution < 1.29 is 9.90 Å². The molecule has 1 amide bonds. The van der Waals surface area contributed by atoms with Crippen molar-refractivity contribution in [1.82, 2.24) is 0 Å². The zero-order valence-corrected chi connectivity index (χ0v) is 7.33. The number of hydrogen-bond donors (Lipinski definition) is 3. The lowest BCUT2D eigenvalue weighted by Crippen LogP contribution is -2.48. The average molecular weight is 188 g/mol. The van der Waals surface area contributed by atoms with Gasteiger partial charge in [0.15, 0.2) is 0 Å². The van der Waals surface area contributed by atoms with Gasteiger partial charge in [0.1, 0.15) is 6.04 Å². The normalized spacial score (nSPS) is 27.0. The van der Waals surface area contributed by atoms with Gasteiger partial charge in [0.25, 0.3) is 0 Å². The van der Waals surface area contributed by atoms with E-state index in [1.54, 1.807) is 11.8 Å². The summed E-state index contributed by atoms with van der Waals surface area (Å²) in [6.07, 6.45) is 0.992. The molecule has 3 atom stereocenters. The zero-order chi connectivity index (χ0) is 9.14. The van der Waals surface area contributed by atoms with Crippen LogP contribution in [0.1, 0.15) is 0 Å². The Hall–Kier alpha value is -0.520. The second kappa shape index (κ2) is 3.93. The predicted octanol–water partition coefficient (Wildman–Crippen LogP) is -0.963. The highest BCUT2D eigenvalue weighted by molar-refractivity contribution is 8.02. The first-order valence-electron chi connectivity index (χ1n) is 3.64. The molecule has 0 fully saturated rings. The first-order chi connectivity index (χ1) is 5.63. The average Bonchev–Trinajstić information content (AvgIpc) is 2.53. The van der Waals surface area contributed by atoms with Gasteiger partial charge >= 0.3 is 0 Å². The molecule has 0 aliphatic carbocycles. The van der Waals surface area contributed by atoms with Crippen molar-refractivity contribution in [2.45, 2.75) is 12.1 Å². The van der Waals surface area contributed by atoms with E-state index in [0.29, 0.717) is 0 Å². The molecule has 0 aromatic heterocycles. The molecule has 12 heavy (non-hydrogen) atoms. The van der Waals surface area contributed by atoms with Crippen LogP contribution in [-0.4, -0.2) is 28.9 Å². The standard InChI is InChI=1S/C7H12N2O2S/c8-5(7(9)11)6(10)4-1-2-12-3-4/h1-2,4-6,10H,3,8H2,(H2,9,11). The molecular formula is C7H12N2O2S. The van der Waals surface area contributed by atoms with Crippen LogP contribution in [0.4, 0.5) is 0 Å². The van der Waals surface area contributed by atoms with E-state index in [2.05, 4.69) is 0 Å². The molecule has 0 spiro atoms. The summed E-state index contributed by atoms with van der Waals surface area (Å²) in [5.74, 6) is 0.0626. The minimum absolute atomic E-state index is 0.0440. The maximum Gasteiger partial charge on any atom is 0.237 e. The fraction of sp³-hybridized carbons (Fsp3) is 0.571. The Balaban J connectivity index is 2.51. The summed E-state index contributed by atoms with van der Waals surface area (Å²) in [5, 5.41) is 11.4. The van der Waals surface area contributed by atoms with Gasteiger partial charge in [-0.2, -0.15) is 0 Å². The van der Waals surface area contributed by atoms with E-state index in [0.717, 1.165) is 5.75 Å². The summed E-state index contributed by atoms with van der Waals surface area (Å²) >= 11 is 1.59. The summed E-state index contributed by atoms with van der Waals surface area (Å²) in [6, 6.07) is -0.960. The van der Waals surface area contributed by atoms with Crippen molar-refractivity contribution in [3.63, 3.8) is 0 Å². The topological polar surface area (TPSA) is 89.3 Å². The van der Waals surface area contributed by atoms with Crippen molar-refractivity contribution in [2.75, 3.05) is 5.75 Å². The number of aliphatic hydroxyl groups is 1. The summed E-state index contributed by atoms with van der Waals surface area (Å²) in [6.45, 7) is 0. The summed E-state index contributed by atoms with van der Waals surface area (Å²) < 4.78 is 0. The highest BCUT2D eigenvalue weighted by Gasteiger charge is 2.28. The Bertz CT molecular complexity index is 206. The Kier molecular flexibility index (Phi) is 3.13. The van der Waals surface area contributed by atoms with E-state index in [-0.39, 0.29) is 5.92 Å². The van der Waals surface area contributed by atoms with E-state index in [4.69, 9.17) is 11.5 Å². The third-order valence-corrected chi connectivity index (χ3v) is 2.77. The van der Waals surface area contributed by atoms with Gasteiger partial charge in [0, 0.05) is 11.7 Å². The molecule has 4 nitrogen and oxygen atoms in total. The SMILES string of the molecule is NC(=O)C(N)C(O)C1C=CSC1. The number of rotatable bonds is 3. The first-order valence-corrected chi connectivity index (χ1v) is 4.69. The Morgan fingerprint density at radius 3 is 2.83 bits per heavy atom. The molecule has 3 unspecified atom stereocenters. The largest absolute Gasteiger partial charge is 0.390 e. The van der Waals surface area contributed by atoms with Crippen molar-refractivity contribution in [2.24, 2.45) is 17.4 Å². The van der Waals surface area contributed by atoms with Gasteiger partial charge in [-0.05, 0) is 5.41 Å². The number of carbonyl (C=O) groups excluding carboxylic acids is 1. The molecular weight excluding hydrogens is 176 g/mol. The van der Waals surface area contributed by atoms with Gasteiger partial charge in [0.2, 0.25) is 5.91 Å². The molecule has 0 saturated heterocycles. The molecule has 5 N–H and O–H groups in total. The Morgan fingerprint density at radius 1 is 1.75 bits per heavy atom. The molecule has 68 valence electrons. The van der Waals surface area contributed by atoms with Crippen molar-refractivity contribution in [1.29, 1.82) is 0 Å². The number of thioether (sulfide) groups is 1. The predicted molar refractivity (Wildman–Crippen MR) is 48.3 cm³/mol. The fourth-order valence-electron chi connectivity index (χ4n) is 1.03. The molecule has 0 aromatic carbocycles. The van der Waals surface area contributed by atoms with E-state index < -0.39 is 18.1 Å². The molecule has 0 radical (unpaired) electrons. The molecule has 0 saturated carbocycles. The van der Waals surface area contributed by atoms with E-state index in [1.165, 1.54) is 0 Å². The fourth-order valence-corrected chi connectivity index (χ4v) is 1.98. The lowest BCUT2D eigenvalue weighted by atomic mass is 9.98. The monoisotopic (exact) mass is 188 g/mol. The second-order valence-corrected chi connectivity index (χ2v) is 3.68. The first kappa shape index (κ1) is 9.57. The molecule has 5 heteroatoms.